The van der Waals surface area contributed by atoms with Gasteiger partial charge < -0.3 is 9.47 Å². The normalized spacial score (nSPS) is 14.6. The number of thioether (sulfide) groups is 1. The summed E-state index contributed by atoms with van der Waals surface area (Å²) in [6.07, 6.45) is 5.79. The molecule has 9 nitrogen and oxygen atoms in total. The summed E-state index contributed by atoms with van der Waals surface area (Å²) in [5.74, 6) is 2.21. The lowest BCUT2D eigenvalue weighted by Gasteiger charge is -2.33. The first-order valence-electron chi connectivity index (χ1n) is 12.4. The maximum Gasteiger partial charge on any atom is 0.329 e. The monoisotopic (exact) mass is 505 g/mol. The van der Waals surface area contributed by atoms with E-state index in [0.717, 1.165) is 61.3 Å². The van der Waals surface area contributed by atoms with Crippen molar-refractivity contribution in [3.63, 3.8) is 0 Å². The molecular formula is C26H31N7O2S. The van der Waals surface area contributed by atoms with Gasteiger partial charge in [-0.2, -0.15) is 4.98 Å². The highest BCUT2D eigenvalue weighted by atomic mass is 32.2. The van der Waals surface area contributed by atoms with Crippen LogP contribution >= 0.6 is 11.8 Å². The molecule has 4 heterocycles. The number of benzene rings is 1. The fraction of sp³-hybridized carbons (Fsp3) is 0.423. The number of anilines is 1. The summed E-state index contributed by atoms with van der Waals surface area (Å²) < 4.78 is 3.41. The first-order chi connectivity index (χ1) is 17.5. The molecule has 1 N–H and O–H groups in total. The molecule has 1 aliphatic rings. The van der Waals surface area contributed by atoms with Crippen molar-refractivity contribution < 1.29 is 0 Å². The Morgan fingerprint density at radius 3 is 2.61 bits per heavy atom. The van der Waals surface area contributed by atoms with Crippen LogP contribution in [0.4, 0.5) is 5.95 Å². The molecule has 10 heteroatoms. The Morgan fingerprint density at radius 1 is 1.08 bits per heavy atom. The van der Waals surface area contributed by atoms with Crippen LogP contribution in [0, 0.1) is 12.8 Å². The number of piperidine rings is 1. The SMILES string of the molecule is Cc1ccnc(SCCCn2c(N3CCC(Cc4ccccc4)CC3)nc3c2c(=O)[nH]c(=O)n3C)n1. The molecule has 1 aromatic carbocycles. The predicted molar refractivity (Wildman–Crippen MR) is 143 cm³/mol. The third kappa shape index (κ3) is 5.23. The molecule has 1 aliphatic heterocycles. The molecule has 3 aromatic heterocycles. The molecule has 0 saturated carbocycles. The lowest BCUT2D eigenvalue weighted by Crippen LogP contribution is -2.36. The fourth-order valence-corrected chi connectivity index (χ4v) is 5.64. The molecule has 0 unspecified atom stereocenters. The summed E-state index contributed by atoms with van der Waals surface area (Å²) >= 11 is 1.60. The van der Waals surface area contributed by atoms with E-state index >= 15 is 0 Å². The van der Waals surface area contributed by atoms with Gasteiger partial charge in [0.05, 0.1) is 0 Å². The van der Waals surface area contributed by atoms with E-state index in [1.165, 1.54) is 10.1 Å². The van der Waals surface area contributed by atoms with Gasteiger partial charge in [0.25, 0.3) is 5.56 Å². The Bertz CT molecular complexity index is 1450. The molecule has 4 aromatic rings. The Labute approximate surface area is 213 Å². The van der Waals surface area contributed by atoms with Crippen molar-refractivity contribution in [2.24, 2.45) is 13.0 Å². The van der Waals surface area contributed by atoms with Crippen molar-refractivity contribution in [2.45, 2.75) is 44.3 Å². The van der Waals surface area contributed by atoms with Crippen LogP contribution in [0.2, 0.25) is 0 Å². The zero-order chi connectivity index (χ0) is 25.1. The number of aryl methyl sites for hydroxylation is 3. The number of rotatable bonds is 8. The first kappa shape index (κ1) is 24.3. The van der Waals surface area contributed by atoms with Gasteiger partial charge >= 0.3 is 5.69 Å². The molecule has 0 radical (unpaired) electrons. The number of aromatic nitrogens is 6. The smallest absolute Gasteiger partial charge is 0.329 e. The number of fused-ring (bicyclic) bond motifs is 1. The summed E-state index contributed by atoms with van der Waals surface area (Å²) in [6.45, 7) is 4.32. The third-order valence-electron chi connectivity index (χ3n) is 6.78. The lowest BCUT2D eigenvalue weighted by molar-refractivity contribution is 0.398. The van der Waals surface area contributed by atoms with Gasteiger partial charge in [-0.3, -0.25) is 14.3 Å². The van der Waals surface area contributed by atoms with Crippen LogP contribution in [0.15, 0.2) is 57.3 Å². The van der Waals surface area contributed by atoms with Crippen molar-refractivity contribution >= 4 is 28.9 Å². The van der Waals surface area contributed by atoms with E-state index in [-0.39, 0.29) is 5.56 Å². The number of hydrogen-bond acceptors (Lipinski definition) is 7. The van der Waals surface area contributed by atoms with Gasteiger partial charge in [-0.25, -0.2) is 14.8 Å². The summed E-state index contributed by atoms with van der Waals surface area (Å²) in [6, 6.07) is 12.5. The molecule has 5 rings (SSSR count). The second-order valence-corrected chi connectivity index (χ2v) is 10.4. The minimum absolute atomic E-state index is 0.388. The van der Waals surface area contributed by atoms with E-state index < -0.39 is 5.69 Å². The maximum atomic E-state index is 12.8. The standard InChI is InChI=1S/C26H31N7O2S/c1-18-9-12-27-24(28-18)36-16-6-13-33-21-22(31(2)26(35)30-23(21)34)29-25(33)32-14-10-20(11-15-32)17-19-7-4-3-5-8-19/h3-5,7-9,12,20H,6,10-11,13-17H2,1-2H3,(H,30,34,35). The van der Waals surface area contributed by atoms with Crippen molar-refractivity contribution in [3.8, 4) is 0 Å². The number of nitrogens with zero attached hydrogens (tertiary/aromatic N) is 6. The topological polar surface area (TPSA) is 102 Å². The van der Waals surface area contributed by atoms with Gasteiger partial charge in [-0.1, -0.05) is 42.1 Å². The molecule has 0 amide bonds. The minimum Gasteiger partial charge on any atom is -0.342 e. The summed E-state index contributed by atoms with van der Waals surface area (Å²) in [7, 11) is 1.65. The molecule has 1 fully saturated rings. The molecule has 0 bridgehead atoms. The number of nitrogens with one attached hydrogen (secondary N) is 1. The van der Waals surface area contributed by atoms with Crippen LogP contribution in [0.5, 0.6) is 0 Å². The fourth-order valence-electron chi connectivity index (χ4n) is 4.84. The summed E-state index contributed by atoms with van der Waals surface area (Å²) in [5.41, 5.74) is 2.37. The zero-order valence-corrected chi connectivity index (χ0v) is 21.5. The van der Waals surface area contributed by atoms with Gasteiger partial charge in [-0.15, -0.1) is 0 Å². The van der Waals surface area contributed by atoms with Crippen LogP contribution in [0.3, 0.4) is 0 Å². The van der Waals surface area contributed by atoms with Gasteiger partial charge in [0.15, 0.2) is 16.3 Å². The molecule has 0 atom stereocenters. The highest BCUT2D eigenvalue weighted by Crippen LogP contribution is 2.28. The van der Waals surface area contributed by atoms with Gasteiger partial charge in [0, 0.05) is 44.3 Å². The highest BCUT2D eigenvalue weighted by Gasteiger charge is 2.26. The summed E-state index contributed by atoms with van der Waals surface area (Å²) in [4.78, 5) is 43.4. The van der Waals surface area contributed by atoms with Crippen molar-refractivity contribution in [1.82, 2.24) is 29.1 Å². The van der Waals surface area contributed by atoms with E-state index in [1.54, 1.807) is 25.0 Å². The van der Waals surface area contributed by atoms with E-state index in [9.17, 15) is 9.59 Å². The molecule has 36 heavy (non-hydrogen) atoms. The number of imidazole rings is 1. The van der Waals surface area contributed by atoms with Crippen LogP contribution in [0.1, 0.15) is 30.5 Å². The lowest BCUT2D eigenvalue weighted by atomic mass is 9.90. The number of hydrogen-bond donors (Lipinski definition) is 1. The number of aromatic amines is 1. The van der Waals surface area contributed by atoms with Crippen LogP contribution in [-0.4, -0.2) is 47.9 Å². The Balaban J connectivity index is 1.34. The van der Waals surface area contributed by atoms with Crippen molar-refractivity contribution in [2.75, 3.05) is 23.7 Å². The molecule has 1 saturated heterocycles. The number of H-pyrrole nitrogens is 1. The summed E-state index contributed by atoms with van der Waals surface area (Å²) in [5, 5.41) is 0.756. The largest absolute Gasteiger partial charge is 0.342 e. The van der Waals surface area contributed by atoms with E-state index in [0.29, 0.717) is 23.6 Å². The van der Waals surface area contributed by atoms with Crippen LogP contribution < -0.4 is 16.1 Å². The van der Waals surface area contributed by atoms with Crippen molar-refractivity contribution in [1.29, 1.82) is 0 Å². The average Bonchev–Trinajstić information content (AvgIpc) is 3.27. The Kier molecular flexibility index (Phi) is 7.22. The van der Waals surface area contributed by atoms with E-state index in [1.807, 2.05) is 17.6 Å². The van der Waals surface area contributed by atoms with Gasteiger partial charge in [-0.05, 0) is 50.2 Å². The van der Waals surface area contributed by atoms with E-state index in [2.05, 4.69) is 50.2 Å². The Hall–Kier alpha value is -3.40. The molecular weight excluding hydrogens is 474 g/mol. The van der Waals surface area contributed by atoms with Gasteiger partial charge in [0.2, 0.25) is 5.95 Å². The third-order valence-corrected chi connectivity index (χ3v) is 7.73. The first-order valence-corrected chi connectivity index (χ1v) is 13.4. The second-order valence-electron chi connectivity index (χ2n) is 9.36. The molecule has 0 spiro atoms. The Morgan fingerprint density at radius 2 is 1.86 bits per heavy atom. The predicted octanol–water partition coefficient (Wildman–Crippen LogP) is 3.16. The van der Waals surface area contributed by atoms with Gasteiger partial charge in [0.1, 0.15) is 0 Å². The highest BCUT2D eigenvalue weighted by molar-refractivity contribution is 7.99. The van der Waals surface area contributed by atoms with E-state index in [4.69, 9.17) is 4.98 Å². The van der Waals surface area contributed by atoms with Crippen LogP contribution in [0.25, 0.3) is 11.2 Å². The quantitative estimate of drug-likeness (QED) is 0.223. The van der Waals surface area contributed by atoms with Crippen molar-refractivity contribution in [3.05, 3.63) is 74.7 Å². The second kappa shape index (κ2) is 10.7. The minimum atomic E-state index is -0.447. The molecule has 0 aliphatic carbocycles. The molecule has 188 valence electrons. The maximum absolute atomic E-state index is 12.8. The van der Waals surface area contributed by atoms with Crippen LogP contribution in [-0.2, 0) is 20.0 Å². The zero-order valence-electron chi connectivity index (χ0n) is 20.7. The average molecular weight is 506 g/mol.